The number of fused-ring (bicyclic) bond motifs is 1. The molecule has 0 aliphatic carbocycles. The molecule has 0 bridgehead atoms. The monoisotopic (exact) mass is 372 g/mol. The summed E-state index contributed by atoms with van der Waals surface area (Å²) in [7, 11) is 0. The largest absolute Gasteiger partial charge is 0.494 e. The van der Waals surface area contributed by atoms with Gasteiger partial charge in [0, 0.05) is 6.42 Å². The average molecular weight is 372 g/mol. The average Bonchev–Trinajstić information content (AvgIpc) is 2.77. The van der Waals surface area contributed by atoms with Gasteiger partial charge in [-0.2, -0.15) is 0 Å². The van der Waals surface area contributed by atoms with Gasteiger partial charge in [-0.25, -0.2) is 0 Å². The number of hydrogen-bond acceptors (Lipinski definition) is 3. The summed E-state index contributed by atoms with van der Waals surface area (Å²) in [6.07, 6.45) is 1.15. The van der Waals surface area contributed by atoms with Gasteiger partial charge in [0.05, 0.1) is 30.6 Å². The normalized spacial score (nSPS) is 15.4. The first-order valence-corrected chi connectivity index (χ1v) is 9.70. The highest BCUT2D eigenvalue weighted by molar-refractivity contribution is 5.97. The molecule has 1 aliphatic heterocycles. The number of para-hydroxylation sites is 3. The summed E-state index contributed by atoms with van der Waals surface area (Å²) >= 11 is 0. The van der Waals surface area contributed by atoms with Crippen molar-refractivity contribution in [3.63, 3.8) is 0 Å². The topological polar surface area (TPSA) is 41.6 Å². The fraction of sp³-hybridized carbons (Fsp3) is 0.208. The molecule has 3 aromatic carbocycles. The Morgan fingerprint density at radius 3 is 2.39 bits per heavy atom. The van der Waals surface area contributed by atoms with Crippen LogP contribution in [0.5, 0.6) is 5.75 Å². The maximum Gasteiger partial charge on any atom is 0.227 e. The third-order valence-electron chi connectivity index (χ3n) is 4.94. The zero-order chi connectivity index (χ0) is 19.2. The van der Waals surface area contributed by atoms with Crippen LogP contribution in [0.25, 0.3) is 0 Å². The van der Waals surface area contributed by atoms with Crippen LogP contribution in [0.15, 0.2) is 84.9 Å². The molecule has 1 aliphatic rings. The van der Waals surface area contributed by atoms with Crippen molar-refractivity contribution < 1.29 is 9.53 Å². The Morgan fingerprint density at radius 1 is 0.929 bits per heavy atom. The highest BCUT2D eigenvalue weighted by Gasteiger charge is 2.28. The Morgan fingerprint density at radius 2 is 1.61 bits per heavy atom. The number of carbonyl (C=O) groups excluding carboxylic acids is 1. The molecular weight excluding hydrogens is 348 g/mol. The predicted octanol–water partition coefficient (Wildman–Crippen LogP) is 5.05. The quantitative estimate of drug-likeness (QED) is 0.616. The Hall–Kier alpha value is -3.27. The van der Waals surface area contributed by atoms with Crippen molar-refractivity contribution in [3.8, 4) is 5.75 Å². The van der Waals surface area contributed by atoms with Crippen LogP contribution in [0, 0.1) is 0 Å². The third kappa shape index (κ3) is 4.17. The lowest BCUT2D eigenvalue weighted by molar-refractivity contribution is -0.118. The zero-order valence-electron chi connectivity index (χ0n) is 15.8. The summed E-state index contributed by atoms with van der Waals surface area (Å²) in [6, 6.07) is 28.1. The van der Waals surface area contributed by atoms with Crippen molar-refractivity contribution in [2.24, 2.45) is 0 Å². The van der Waals surface area contributed by atoms with Gasteiger partial charge in [-0.15, -0.1) is 0 Å². The van der Waals surface area contributed by atoms with Gasteiger partial charge in [0.25, 0.3) is 0 Å². The van der Waals surface area contributed by atoms with Gasteiger partial charge in [-0.1, -0.05) is 60.7 Å². The van der Waals surface area contributed by atoms with E-state index < -0.39 is 0 Å². The Balaban J connectivity index is 1.42. The van der Waals surface area contributed by atoms with Crippen molar-refractivity contribution in [2.75, 3.05) is 23.4 Å². The molecule has 3 aromatic rings. The van der Waals surface area contributed by atoms with Gasteiger partial charge in [-0.05, 0) is 36.2 Å². The summed E-state index contributed by atoms with van der Waals surface area (Å²) in [6.45, 7) is 1.16. The van der Waals surface area contributed by atoms with Gasteiger partial charge in [0.2, 0.25) is 5.91 Å². The van der Waals surface area contributed by atoms with Gasteiger partial charge in [-0.3, -0.25) is 4.79 Å². The molecule has 0 saturated carbocycles. The second-order valence-corrected chi connectivity index (χ2v) is 6.89. The lowest BCUT2D eigenvalue weighted by Crippen LogP contribution is -2.40. The second-order valence-electron chi connectivity index (χ2n) is 6.89. The predicted molar refractivity (Wildman–Crippen MR) is 113 cm³/mol. The smallest absolute Gasteiger partial charge is 0.227 e. The van der Waals surface area contributed by atoms with E-state index in [9.17, 15) is 4.79 Å². The summed E-state index contributed by atoms with van der Waals surface area (Å²) in [4.78, 5) is 14.9. The molecule has 142 valence electrons. The van der Waals surface area contributed by atoms with Crippen LogP contribution >= 0.6 is 0 Å². The fourth-order valence-electron chi connectivity index (χ4n) is 3.52. The first-order valence-electron chi connectivity index (χ1n) is 9.70. The molecular formula is C24H24N2O2. The van der Waals surface area contributed by atoms with E-state index in [0.29, 0.717) is 26.0 Å². The van der Waals surface area contributed by atoms with E-state index in [1.807, 2.05) is 77.7 Å². The van der Waals surface area contributed by atoms with E-state index in [-0.39, 0.29) is 11.9 Å². The SMILES string of the molecule is O=C(CCCOc1ccccc1)N1CC(c2ccccc2)Nc2ccccc21. The van der Waals surface area contributed by atoms with Crippen LogP contribution in [-0.4, -0.2) is 19.1 Å². The maximum atomic E-state index is 13.0. The molecule has 1 amide bonds. The first-order chi connectivity index (χ1) is 13.8. The molecule has 1 atom stereocenters. The molecule has 0 radical (unpaired) electrons. The lowest BCUT2D eigenvalue weighted by Gasteiger charge is -2.36. The van der Waals surface area contributed by atoms with Gasteiger partial charge in [0.1, 0.15) is 5.75 Å². The number of anilines is 2. The van der Waals surface area contributed by atoms with Crippen molar-refractivity contribution in [2.45, 2.75) is 18.9 Å². The Labute approximate surface area is 165 Å². The minimum absolute atomic E-state index is 0.0839. The van der Waals surface area contributed by atoms with E-state index in [1.54, 1.807) is 0 Å². The van der Waals surface area contributed by atoms with Crippen molar-refractivity contribution >= 4 is 17.3 Å². The minimum Gasteiger partial charge on any atom is -0.494 e. The van der Waals surface area contributed by atoms with E-state index in [0.717, 1.165) is 17.1 Å². The van der Waals surface area contributed by atoms with Crippen molar-refractivity contribution in [1.29, 1.82) is 0 Å². The summed E-state index contributed by atoms with van der Waals surface area (Å²) < 4.78 is 5.72. The maximum absolute atomic E-state index is 13.0. The standard InChI is InChI=1S/C24H24N2O2/c27-24(16-9-17-28-20-12-5-2-6-13-20)26-18-22(19-10-3-1-4-11-19)25-21-14-7-8-15-23(21)26/h1-8,10-15,22,25H,9,16-18H2. The molecule has 0 spiro atoms. The molecule has 0 aromatic heterocycles. The summed E-state index contributed by atoms with van der Waals surface area (Å²) in [5.41, 5.74) is 3.13. The number of ether oxygens (including phenoxy) is 1. The van der Waals surface area contributed by atoms with Crippen LogP contribution < -0.4 is 15.0 Å². The number of rotatable bonds is 6. The molecule has 28 heavy (non-hydrogen) atoms. The summed E-state index contributed by atoms with van der Waals surface area (Å²) in [5, 5.41) is 3.57. The minimum atomic E-state index is 0.0839. The van der Waals surface area contributed by atoms with Crippen LogP contribution in [0.4, 0.5) is 11.4 Å². The Kier molecular flexibility index (Phi) is 5.57. The van der Waals surface area contributed by atoms with Gasteiger partial charge in [0.15, 0.2) is 0 Å². The van der Waals surface area contributed by atoms with E-state index in [4.69, 9.17) is 4.74 Å². The molecule has 1 N–H and O–H groups in total. The lowest BCUT2D eigenvalue weighted by atomic mass is 10.0. The van der Waals surface area contributed by atoms with E-state index in [2.05, 4.69) is 17.4 Å². The molecule has 4 heteroatoms. The zero-order valence-corrected chi connectivity index (χ0v) is 15.8. The van der Waals surface area contributed by atoms with E-state index in [1.165, 1.54) is 5.56 Å². The third-order valence-corrected chi connectivity index (χ3v) is 4.94. The van der Waals surface area contributed by atoms with Crippen LogP contribution in [0.2, 0.25) is 0 Å². The second kappa shape index (κ2) is 8.61. The number of carbonyl (C=O) groups is 1. The number of amides is 1. The van der Waals surface area contributed by atoms with Gasteiger partial charge >= 0.3 is 0 Å². The molecule has 0 saturated heterocycles. The number of nitrogens with zero attached hydrogens (tertiary/aromatic N) is 1. The number of hydrogen-bond donors (Lipinski definition) is 1. The molecule has 4 rings (SSSR count). The summed E-state index contributed by atoms with van der Waals surface area (Å²) in [5.74, 6) is 0.971. The molecule has 0 fully saturated rings. The highest BCUT2D eigenvalue weighted by atomic mass is 16.5. The van der Waals surface area contributed by atoms with Crippen molar-refractivity contribution in [3.05, 3.63) is 90.5 Å². The van der Waals surface area contributed by atoms with Crippen LogP contribution in [0.1, 0.15) is 24.4 Å². The van der Waals surface area contributed by atoms with E-state index >= 15 is 0 Å². The molecule has 1 unspecified atom stereocenters. The van der Waals surface area contributed by atoms with Crippen LogP contribution in [0.3, 0.4) is 0 Å². The Bertz CT molecular complexity index is 912. The first kappa shape index (κ1) is 18.1. The van der Waals surface area contributed by atoms with Crippen molar-refractivity contribution in [1.82, 2.24) is 0 Å². The van der Waals surface area contributed by atoms with Crippen LogP contribution in [-0.2, 0) is 4.79 Å². The number of nitrogens with one attached hydrogen (secondary N) is 1. The molecule has 4 nitrogen and oxygen atoms in total. The van der Waals surface area contributed by atoms with Gasteiger partial charge < -0.3 is 15.0 Å². The molecule has 1 heterocycles. The number of benzene rings is 3. The fourth-order valence-corrected chi connectivity index (χ4v) is 3.52. The highest BCUT2D eigenvalue weighted by Crippen LogP contribution is 2.35.